The number of aromatic nitrogens is 1. The van der Waals surface area contributed by atoms with E-state index < -0.39 is 5.60 Å². The summed E-state index contributed by atoms with van der Waals surface area (Å²) in [7, 11) is 0. The van der Waals surface area contributed by atoms with E-state index in [-0.39, 0.29) is 0 Å². The van der Waals surface area contributed by atoms with Crippen LogP contribution >= 0.6 is 0 Å². The highest BCUT2D eigenvalue weighted by atomic mass is 16.3. The molecule has 2 fully saturated rings. The molecule has 3 rings (SSSR count). The van der Waals surface area contributed by atoms with E-state index in [1.165, 1.54) is 18.4 Å². The van der Waals surface area contributed by atoms with Crippen molar-refractivity contribution >= 4 is 0 Å². The number of aliphatic hydroxyl groups is 1. The van der Waals surface area contributed by atoms with Gasteiger partial charge >= 0.3 is 0 Å². The molecule has 2 saturated heterocycles. The molecule has 0 aliphatic carbocycles. The molecule has 1 aromatic rings. The zero-order valence-corrected chi connectivity index (χ0v) is 11.0. The highest BCUT2D eigenvalue weighted by Gasteiger charge is 2.42. The van der Waals surface area contributed by atoms with E-state index in [2.05, 4.69) is 29.4 Å². The molecule has 0 amide bonds. The third kappa shape index (κ3) is 2.43. The number of nitrogens with zero attached hydrogens (tertiary/aromatic N) is 1. The number of nitrogens with one attached hydrogen (secondary N) is 1. The fourth-order valence-corrected chi connectivity index (χ4v) is 3.48. The third-order valence-corrected chi connectivity index (χ3v) is 4.39. The number of hydrogen-bond donors (Lipinski definition) is 2. The highest BCUT2D eigenvalue weighted by Crippen LogP contribution is 2.35. The second-order valence-electron chi connectivity index (χ2n) is 5.96. The molecule has 3 nitrogen and oxygen atoms in total. The Morgan fingerprint density at radius 3 is 2.61 bits per heavy atom. The lowest BCUT2D eigenvalue weighted by atomic mass is 9.83. The van der Waals surface area contributed by atoms with E-state index in [0.717, 1.165) is 25.0 Å². The molecule has 2 aliphatic rings. The Hall–Kier alpha value is -0.930. The van der Waals surface area contributed by atoms with Crippen molar-refractivity contribution in [1.29, 1.82) is 0 Å². The number of pyridine rings is 1. The minimum absolute atomic E-state index is 0.517. The van der Waals surface area contributed by atoms with E-state index >= 15 is 0 Å². The minimum Gasteiger partial charge on any atom is -0.389 e. The van der Waals surface area contributed by atoms with Gasteiger partial charge < -0.3 is 10.4 Å². The van der Waals surface area contributed by atoms with Crippen LogP contribution in [0.5, 0.6) is 0 Å². The molecule has 2 unspecified atom stereocenters. The lowest BCUT2D eigenvalue weighted by Crippen LogP contribution is -2.49. The average Bonchev–Trinajstić information content (AvgIpc) is 2.70. The van der Waals surface area contributed by atoms with Crippen LogP contribution in [-0.2, 0) is 12.8 Å². The van der Waals surface area contributed by atoms with E-state index in [1.54, 1.807) is 0 Å². The molecule has 0 aromatic carbocycles. The number of piperidine rings is 1. The van der Waals surface area contributed by atoms with Crippen LogP contribution in [0.2, 0.25) is 0 Å². The Morgan fingerprint density at radius 2 is 2.06 bits per heavy atom. The van der Waals surface area contributed by atoms with Gasteiger partial charge in [0.15, 0.2) is 0 Å². The first-order valence-electron chi connectivity index (χ1n) is 7.09. The van der Waals surface area contributed by atoms with Crippen LogP contribution in [0.4, 0.5) is 0 Å². The van der Waals surface area contributed by atoms with Crippen molar-refractivity contribution < 1.29 is 5.11 Å². The molecule has 2 atom stereocenters. The van der Waals surface area contributed by atoms with Crippen molar-refractivity contribution in [3.63, 3.8) is 0 Å². The molecule has 2 N–H and O–H groups in total. The van der Waals surface area contributed by atoms with Crippen molar-refractivity contribution in [2.75, 3.05) is 0 Å². The Morgan fingerprint density at radius 1 is 1.33 bits per heavy atom. The Labute approximate surface area is 109 Å². The molecular weight excluding hydrogens is 224 g/mol. The Balaban J connectivity index is 1.70. The van der Waals surface area contributed by atoms with Gasteiger partial charge in [-0.3, -0.25) is 4.98 Å². The molecule has 3 heterocycles. The van der Waals surface area contributed by atoms with Crippen LogP contribution in [-0.4, -0.2) is 27.8 Å². The van der Waals surface area contributed by atoms with Crippen LogP contribution < -0.4 is 5.32 Å². The maximum atomic E-state index is 10.8. The first kappa shape index (κ1) is 12.1. The molecule has 2 aliphatic heterocycles. The number of aryl methyl sites for hydroxylation is 1. The molecule has 1 aromatic heterocycles. The van der Waals surface area contributed by atoms with Crippen LogP contribution in [0.15, 0.2) is 18.3 Å². The van der Waals surface area contributed by atoms with E-state index in [9.17, 15) is 5.11 Å². The predicted molar refractivity (Wildman–Crippen MR) is 71.4 cm³/mol. The monoisotopic (exact) mass is 246 g/mol. The van der Waals surface area contributed by atoms with Gasteiger partial charge in [0.2, 0.25) is 0 Å². The van der Waals surface area contributed by atoms with Gasteiger partial charge in [0, 0.05) is 30.4 Å². The zero-order valence-electron chi connectivity index (χ0n) is 11.0. The standard InChI is InChI=1S/C15H22N2O/c1-2-11-3-4-12(16-10-11)7-15(18)8-13-5-6-14(9-15)17-13/h3-4,10,13-14,17-18H,2,5-9H2,1H3. The fourth-order valence-electron chi connectivity index (χ4n) is 3.48. The summed E-state index contributed by atoms with van der Waals surface area (Å²) in [5, 5.41) is 14.3. The first-order chi connectivity index (χ1) is 8.67. The van der Waals surface area contributed by atoms with E-state index in [0.29, 0.717) is 18.5 Å². The van der Waals surface area contributed by atoms with Gasteiger partial charge in [-0.15, -0.1) is 0 Å². The first-order valence-corrected chi connectivity index (χ1v) is 7.09. The summed E-state index contributed by atoms with van der Waals surface area (Å²) in [6, 6.07) is 5.23. The third-order valence-electron chi connectivity index (χ3n) is 4.39. The molecule has 0 spiro atoms. The number of rotatable bonds is 3. The normalized spacial score (nSPS) is 34.8. The zero-order chi connectivity index (χ0) is 12.6. The van der Waals surface area contributed by atoms with Gasteiger partial charge in [-0.05, 0) is 43.7 Å². The summed E-state index contributed by atoms with van der Waals surface area (Å²) in [4.78, 5) is 4.48. The largest absolute Gasteiger partial charge is 0.389 e. The van der Waals surface area contributed by atoms with E-state index in [1.807, 2.05) is 6.20 Å². The van der Waals surface area contributed by atoms with Crippen LogP contribution in [0, 0.1) is 0 Å². The van der Waals surface area contributed by atoms with Gasteiger partial charge in [-0.25, -0.2) is 0 Å². The summed E-state index contributed by atoms with van der Waals surface area (Å²) >= 11 is 0. The number of hydrogen-bond acceptors (Lipinski definition) is 3. The molecule has 2 bridgehead atoms. The molecule has 0 radical (unpaired) electrons. The SMILES string of the molecule is CCc1ccc(CC2(O)CC3CCC(C2)N3)nc1. The van der Waals surface area contributed by atoms with Crippen LogP contribution in [0.25, 0.3) is 0 Å². The molecule has 98 valence electrons. The van der Waals surface area contributed by atoms with E-state index in [4.69, 9.17) is 0 Å². The molecule has 18 heavy (non-hydrogen) atoms. The van der Waals surface area contributed by atoms with Crippen molar-refractivity contribution in [1.82, 2.24) is 10.3 Å². The quantitative estimate of drug-likeness (QED) is 0.855. The second-order valence-corrected chi connectivity index (χ2v) is 5.96. The highest BCUT2D eigenvalue weighted by molar-refractivity contribution is 5.16. The average molecular weight is 246 g/mol. The lowest BCUT2D eigenvalue weighted by molar-refractivity contribution is -0.00686. The van der Waals surface area contributed by atoms with Gasteiger partial charge in [0.05, 0.1) is 5.60 Å². The summed E-state index contributed by atoms with van der Waals surface area (Å²) < 4.78 is 0. The molecule has 3 heteroatoms. The van der Waals surface area contributed by atoms with Crippen molar-refractivity contribution in [3.8, 4) is 0 Å². The maximum Gasteiger partial charge on any atom is 0.0732 e. The second kappa shape index (κ2) is 4.63. The van der Waals surface area contributed by atoms with Gasteiger partial charge in [0.1, 0.15) is 0 Å². The maximum absolute atomic E-state index is 10.8. The van der Waals surface area contributed by atoms with Crippen molar-refractivity contribution in [2.24, 2.45) is 0 Å². The Bertz CT molecular complexity index is 403. The summed E-state index contributed by atoms with van der Waals surface area (Å²) in [6.07, 6.45) is 7.84. The van der Waals surface area contributed by atoms with Gasteiger partial charge in [-0.1, -0.05) is 13.0 Å². The lowest BCUT2D eigenvalue weighted by Gasteiger charge is -2.37. The minimum atomic E-state index is -0.544. The smallest absolute Gasteiger partial charge is 0.0732 e. The summed E-state index contributed by atoms with van der Waals surface area (Å²) in [5.74, 6) is 0. The van der Waals surface area contributed by atoms with Crippen molar-refractivity contribution in [3.05, 3.63) is 29.6 Å². The molecular formula is C15H22N2O. The summed E-state index contributed by atoms with van der Waals surface area (Å²) in [6.45, 7) is 2.13. The van der Waals surface area contributed by atoms with Crippen LogP contribution in [0.1, 0.15) is 43.9 Å². The predicted octanol–water partition coefficient (Wildman–Crippen LogP) is 1.83. The number of fused-ring (bicyclic) bond motifs is 2. The fraction of sp³-hybridized carbons (Fsp3) is 0.667. The topological polar surface area (TPSA) is 45.1 Å². The molecule has 0 saturated carbocycles. The summed E-state index contributed by atoms with van der Waals surface area (Å²) in [5.41, 5.74) is 1.74. The Kier molecular flexibility index (Phi) is 3.12. The van der Waals surface area contributed by atoms with Crippen LogP contribution in [0.3, 0.4) is 0 Å². The van der Waals surface area contributed by atoms with Crippen molar-refractivity contribution in [2.45, 2.75) is 63.1 Å². The van der Waals surface area contributed by atoms with Gasteiger partial charge in [-0.2, -0.15) is 0 Å². The van der Waals surface area contributed by atoms with Gasteiger partial charge in [0.25, 0.3) is 0 Å².